The smallest absolute Gasteiger partial charge is 0.154 e. The van der Waals surface area contributed by atoms with E-state index >= 15 is 0 Å². The first kappa shape index (κ1) is 26.9. The first-order valence-corrected chi connectivity index (χ1v) is 13.8. The largest absolute Gasteiger partial charge is 0.295 e. The normalized spacial score (nSPS) is 10.1. The molecule has 0 amide bonds. The molecule has 2 heterocycles. The summed E-state index contributed by atoms with van der Waals surface area (Å²) in [6.45, 7) is 0. The number of rotatable bonds is 5. The zero-order valence-corrected chi connectivity index (χ0v) is 22.7. The summed E-state index contributed by atoms with van der Waals surface area (Å²) < 4.78 is 0. The van der Waals surface area contributed by atoms with E-state index in [-0.39, 0.29) is 16.5 Å². The molecule has 1 radical (unpaired) electrons. The van der Waals surface area contributed by atoms with Crippen LogP contribution in [0.1, 0.15) is 0 Å². The topological polar surface area (TPSA) is 25.8 Å². The summed E-state index contributed by atoms with van der Waals surface area (Å²) in [6.07, 6.45) is 1.78. The van der Waals surface area contributed by atoms with Crippen LogP contribution >= 0.6 is 0 Å². The maximum atomic E-state index is 4.62. The second kappa shape index (κ2) is 14.0. The van der Waals surface area contributed by atoms with Crippen LogP contribution < -0.4 is 15.6 Å². The summed E-state index contributed by atoms with van der Waals surface area (Å²) in [5, 5.41) is 4.31. The SMILES string of the molecule is [Ni].[c-]1ccccc1-c1cccc(-c2ccccn2)n1.c1ccc([Si](c2ccccc2)c2ccccc2)cc1. The monoisotopic (exact) mass is 548 g/mol. The van der Waals surface area contributed by atoms with E-state index < -0.39 is 8.80 Å². The zero-order chi connectivity index (χ0) is 25.1. The number of aromatic nitrogens is 2. The number of hydrogen-bond donors (Lipinski definition) is 0. The zero-order valence-electron chi connectivity index (χ0n) is 20.7. The molecule has 0 saturated heterocycles. The molecule has 2 nitrogen and oxygen atoms in total. The molecule has 6 aromatic rings. The Bertz CT molecular complexity index is 1350. The Morgan fingerprint density at radius 1 is 0.447 bits per heavy atom. The van der Waals surface area contributed by atoms with Gasteiger partial charge in [-0.1, -0.05) is 125 Å². The fourth-order valence-electron chi connectivity index (χ4n) is 4.11. The fraction of sp³-hybridized carbons (Fsp3) is 0. The molecule has 4 heteroatoms. The van der Waals surface area contributed by atoms with Gasteiger partial charge in [-0.25, -0.2) is 0 Å². The third kappa shape index (κ3) is 7.01. The van der Waals surface area contributed by atoms with Gasteiger partial charge in [0.15, 0.2) is 8.80 Å². The molecular weight excluding hydrogens is 523 g/mol. The van der Waals surface area contributed by atoms with Gasteiger partial charge in [-0.3, -0.25) is 9.97 Å². The summed E-state index contributed by atoms with van der Waals surface area (Å²) >= 11 is 0. The van der Waals surface area contributed by atoms with Crippen LogP contribution in [0, 0.1) is 6.07 Å². The first-order valence-electron chi connectivity index (χ1n) is 12.3. The first-order chi connectivity index (χ1) is 18.4. The molecule has 0 unspecified atom stereocenters. The summed E-state index contributed by atoms with van der Waals surface area (Å²) in [6, 6.07) is 55.3. The molecule has 2 aromatic heterocycles. The van der Waals surface area contributed by atoms with E-state index in [2.05, 4.69) is 107 Å². The van der Waals surface area contributed by atoms with E-state index in [1.807, 2.05) is 60.7 Å². The van der Waals surface area contributed by atoms with Gasteiger partial charge in [-0.05, 0) is 23.9 Å². The van der Waals surface area contributed by atoms with Crippen molar-refractivity contribution in [1.29, 1.82) is 0 Å². The van der Waals surface area contributed by atoms with E-state index in [4.69, 9.17) is 0 Å². The Kier molecular flexibility index (Phi) is 9.92. The maximum absolute atomic E-state index is 4.62. The van der Waals surface area contributed by atoms with Gasteiger partial charge >= 0.3 is 0 Å². The van der Waals surface area contributed by atoms with Crippen molar-refractivity contribution in [1.82, 2.24) is 9.97 Å². The predicted molar refractivity (Wildman–Crippen MR) is 156 cm³/mol. The molecular formula is C34H26N2NiSi-. The average molecular weight is 549 g/mol. The molecule has 0 N–H and O–H groups in total. The van der Waals surface area contributed by atoms with Crippen LogP contribution in [0.3, 0.4) is 0 Å². The number of nitrogens with zero attached hydrogens (tertiary/aromatic N) is 2. The average Bonchev–Trinajstić information content (AvgIpc) is 3.00. The van der Waals surface area contributed by atoms with Gasteiger partial charge in [0.05, 0.1) is 11.4 Å². The summed E-state index contributed by atoms with van der Waals surface area (Å²) in [7, 11) is -0.877. The van der Waals surface area contributed by atoms with Crippen molar-refractivity contribution in [2.75, 3.05) is 0 Å². The molecule has 0 saturated carbocycles. The van der Waals surface area contributed by atoms with Gasteiger partial charge in [0.2, 0.25) is 0 Å². The molecule has 187 valence electrons. The number of benzene rings is 4. The minimum Gasteiger partial charge on any atom is -0.295 e. The molecule has 0 fully saturated rings. The quantitative estimate of drug-likeness (QED) is 0.154. The van der Waals surface area contributed by atoms with E-state index in [0.29, 0.717) is 0 Å². The van der Waals surface area contributed by atoms with Gasteiger partial charge in [-0.2, -0.15) is 0 Å². The van der Waals surface area contributed by atoms with E-state index in [0.717, 1.165) is 22.6 Å². The van der Waals surface area contributed by atoms with Crippen molar-refractivity contribution in [2.24, 2.45) is 0 Å². The summed E-state index contributed by atoms with van der Waals surface area (Å²) in [5.74, 6) is 0. The van der Waals surface area contributed by atoms with Crippen LogP contribution in [0.25, 0.3) is 22.6 Å². The molecule has 0 aliphatic heterocycles. The van der Waals surface area contributed by atoms with Crippen LogP contribution in [0.15, 0.2) is 158 Å². The number of hydrogen-bond acceptors (Lipinski definition) is 2. The number of pyridine rings is 2. The Morgan fingerprint density at radius 2 is 0.947 bits per heavy atom. The minimum absolute atomic E-state index is 0. The van der Waals surface area contributed by atoms with Crippen LogP contribution in [0.2, 0.25) is 0 Å². The van der Waals surface area contributed by atoms with Crippen LogP contribution in [0.4, 0.5) is 0 Å². The molecule has 0 atom stereocenters. The van der Waals surface area contributed by atoms with Gasteiger partial charge in [0.25, 0.3) is 0 Å². The van der Waals surface area contributed by atoms with Crippen molar-refractivity contribution in [3.63, 3.8) is 0 Å². The summed E-state index contributed by atoms with van der Waals surface area (Å²) in [4.78, 5) is 8.93. The second-order valence-electron chi connectivity index (χ2n) is 8.37. The Morgan fingerprint density at radius 3 is 1.45 bits per heavy atom. The van der Waals surface area contributed by atoms with Crippen molar-refractivity contribution in [3.05, 3.63) is 164 Å². The molecule has 0 spiro atoms. The Hall–Kier alpha value is -4.11. The van der Waals surface area contributed by atoms with Gasteiger partial charge in [0.1, 0.15) is 0 Å². The van der Waals surface area contributed by atoms with Gasteiger partial charge < -0.3 is 0 Å². The molecule has 4 aromatic carbocycles. The second-order valence-corrected chi connectivity index (χ2v) is 10.9. The molecule has 0 aliphatic carbocycles. The predicted octanol–water partition coefficient (Wildman–Crippen LogP) is 5.81. The van der Waals surface area contributed by atoms with Crippen LogP contribution in [-0.2, 0) is 16.5 Å². The van der Waals surface area contributed by atoms with Crippen molar-refractivity contribution in [3.8, 4) is 22.6 Å². The van der Waals surface area contributed by atoms with Crippen molar-refractivity contribution >= 4 is 24.4 Å². The molecule has 38 heavy (non-hydrogen) atoms. The molecule has 6 rings (SSSR count). The van der Waals surface area contributed by atoms with Crippen LogP contribution in [-0.4, -0.2) is 18.8 Å². The Balaban J connectivity index is 0.000000173. The molecule has 0 bridgehead atoms. The van der Waals surface area contributed by atoms with Crippen molar-refractivity contribution in [2.45, 2.75) is 0 Å². The van der Waals surface area contributed by atoms with Gasteiger partial charge in [0, 0.05) is 22.7 Å². The maximum Gasteiger partial charge on any atom is 0.154 e. The van der Waals surface area contributed by atoms with Crippen molar-refractivity contribution < 1.29 is 16.5 Å². The van der Waals surface area contributed by atoms with Gasteiger partial charge in [-0.15, -0.1) is 35.9 Å². The van der Waals surface area contributed by atoms with E-state index in [1.54, 1.807) is 6.20 Å². The minimum atomic E-state index is -0.877. The Labute approximate surface area is 236 Å². The van der Waals surface area contributed by atoms with Crippen LogP contribution in [0.5, 0.6) is 0 Å². The standard InChI is InChI=1S/C18H15Si.C16H11N2.Ni/c1-4-10-16(11-5-1)19(17-12-6-2-7-13-17)18-14-8-3-9-15-18;1-2-7-13(8-3-1)14-10-6-11-16(18-14)15-9-4-5-12-17-15;/h1-15H;1-7,9-12H;/q;-1;. The van der Waals surface area contributed by atoms with E-state index in [1.165, 1.54) is 15.6 Å². The fourth-order valence-corrected chi connectivity index (χ4v) is 6.69. The summed E-state index contributed by atoms with van der Waals surface area (Å²) in [5.41, 5.74) is 3.68. The molecule has 0 aliphatic rings. The third-order valence-corrected chi connectivity index (χ3v) is 8.58. The van der Waals surface area contributed by atoms with E-state index in [9.17, 15) is 0 Å². The third-order valence-electron chi connectivity index (χ3n) is 5.85.